The van der Waals surface area contributed by atoms with Crippen molar-refractivity contribution in [2.24, 2.45) is 5.92 Å². The van der Waals surface area contributed by atoms with E-state index in [0.29, 0.717) is 37.4 Å². The Kier molecular flexibility index (Phi) is 5.39. The predicted molar refractivity (Wildman–Crippen MR) is 94.6 cm³/mol. The van der Waals surface area contributed by atoms with Gasteiger partial charge in [0.05, 0.1) is 11.5 Å². The second-order valence-corrected chi connectivity index (χ2v) is 8.26. The molecule has 0 spiro atoms. The van der Waals surface area contributed by atoms with E-state index in [1.807, 2.05) is 19.1 Å². The van der Waals surface area contributed by atoms with Crippen molar-refractivity contribution in [3.05, 3.63) is 59.9 Å². The molecule has 1 saturated heterocycles. The SMILES string of the molecule is Cc1ccccc1S(=O)(=O)N1CCC(COc2ccccc2F)CC1. The Bertz CT molecular complexity index is 830. The van der Waals surface area contributed by atoms with E-state index in [2.05, 4.69) is 0 Å². The van der Waals surface area contributed by atoms with Gasteiger partial charge in [-0.3, -0.25) is 0 Å². The number of para-hydroxylation sites is 1. The zero-order valence-electron chi connectivity index (χ0n) is 14.2. The van der Waals surface area contributed by atoms with Crippen LogP contribution >= 0.6 is 0 Å². The van der Waals surface area contributed by atoms with E-state index in [9.17, 15) is 12.8 Å². The van der Waals surface area contributed by atoms with Crippen LogP contribution in [0.3, 0.4) is 0 Å². The number of halogens is 1. The monoisotopic (exact) mass is 363 g/mol. The number of aryl methyl sites for hydroxylation is 1. The lowest BCUT2D eigenvalue weighted by molar-refractivity contribution is 0.181. The molecule has 2 aromatic carbocycles. The summed E-state index contributed by atoms with van der Waals surface area (Å²) in [7, 11) is -3.46. The second-order valence-electron chi connectivity index (χ2n) is 6.35. The van der Waals surface area contributed by atoms with Crippen molar-refractivity contribution in [1.82, 2.24) is 4.31 Å². The quantitative estimate of drug-likeness (QED) is 0.815. The molecule has 0 N–H and O–H groups in total. The number of ether oxygens (including phenoxy) is 1. The number of sulfonamides is 1. The molecule has 0 unspecified atom stereocenters. The van der Waals surface area contributed by atoms with Gasteiger partial charge in [-0.1, -0.05) is 30.3 Å². The highest BCUT2D eigenvalue weighted by atomic mass is 32.2. The first-order valence-electron chi connectivity index (χ1n) is 8.41. The molecule has 4 nitrogen and oxygen atoms in total. The van der Waals surface area contributed by atoms with Crippen molar-refractivity contribution >= 4 is 10.0 Å². The fourth-order valence-corrected chi connectivity index (χ4v) is 4.77. The molecule has 3 rings (SSSR count). The van der Waals surface area contributed by atoms with Gasteiger partial charge in [0.25, 0.3) is 0 Å². The standard InChI is InChI=1S/C19H22FNO3S/c1-15-6-2-5-9-19(15)25(22,23)21-12-10-16(11-13-21)14-24-18-8-4-3-7-17(18)20/h2-9,16H,10-14H2,1H3. The Balaban J connectivity index is 1.59. The molecule has 0 bridgehead atoms. The van der Waals surface area contributed by atoms with Gasteiger partial charge >= 0.3 is 0 Å². The van der Waals surface area contributed by atoms with Crippen molar-refractivity contribution < 1.29 is 17.5 Å². The molecule has 2 aromatic rings. The van der Waals surface area contributed by atoms with Crippen LogP contribution in [-0.2, 0) is 10.0 Å². The van der Waals surface area contributed by atoms with Gasteiger partial charge in [0.15, 0.2) is 11.6 Å². The van der Waals surface area contributed by atoms with Crippen molar-refractivity contribution in [1.29, 1.82) is 0 Å². The third-order valence-electron chi connectivity index (χ3n) is 4.60. The number of hydrogen-bond donors (Lipinski definition) is 0. The first-order chi connectivity index (χ1) is 12.0. The number of piperidine rings is 1. The average molecular weight is 363 g/mol. The molecule has 134 valence electrons. The van der Waals surface area contributed by atoms with Crippen LogP contribution in [-0.4, -0.2) is 32.4 Å². The van der Waals surface area contributed by atoms with Crippen molar-refractivity contribution in [3.8, 4) is 5.75 Å². The lowest BCUT2D eigenvalue weighted by atomic mass is 9.99. The van der Waals surface area contributed by atoms with E-state index in [4.69, 9.17) is 4.74 Å². The van der Waals surface area contributed by atoms with Gasteiger partial charge in [0.1, 0.15) is 0 Å². The molecule has 1 aliphatic rings. The minimum Gasteiger partial charge on any atom is -0.490 e. The van der Waals surface area contributed by atoms with E-state index >= 15 is 0 Å². The summed E-state index contributed by atoms with van der Waals surface area (Å²) in [4.78, 5) is 0.371. The van der Waals surface area contributed by atoms with Crippen LogP contribution in [0.15, 0.2) is 53.4 Å². The molecule has 0 aliphatic carbocycles. The summed E-state index contributed by atoms with van der Waals surface area (Å²) in [5, 5.41) is 0. The highest BCUT2D eigenvalue weighted by Gasteiger charge is 2.30. The van der Waals surface area contributed by atoms with Crippen LogP contribution in [0.5, 0.6) is 5.75 Å². The summed E-state index contributed by atoms with van der Waals surface area (Å²) in [5.41, 5.74) is 0.757. The van der Waals surface area contributed by atoms with Crippen LogP contribution in [0, 0.1) is 18.7 Å². The third-order valence-corrected chi connectivity index (χ3v) is 6.65. The van der Waals surface area contributed by atoms with Crippen LogP contribution in [0.4, 0.5) is 4.39 Å². The number of rotatable bonds is 5. The van der Waals surface area contributed by atoms with Crippen LogP contribution < -0.4 is 4.74 Å². The molecule has 0 radical (unpaired) electrons. The van der Waals surface area contributed by atoms with Gasteiger partial charge < -0.3 is 4.74 Å². The van der Waals surface area contributed by atoms with E-state index in [1.165, 1.54) is 10.4 Å². The zero-order chi connectivity index (χ0) is 17.9. The van der Waals surface area contributed by atoms with Gasteiger partial charge in [0.2, 0.25) is 10.0 Å². The Hall–Kier alpha value is -1.92. The van der Waals surface area contributed by atoms with Gasteiger partial charge in [-0.15, -0.1) is 0 Å². The van der Waals surface area contributed by atoms with E-state index in [1.54, 1.807) is 30.3 Å². The highest BCUT2D eigenvalue weighted by molar-refractivity contribution is 7.89. The summed E-state index contributed by atoms with van der Waals surface area (Å²) >= 11 is 0. The Labute approximate surface area is 148 Å². The lowest BCUT2D eigenvalue weighted by Gasteiger charge is -2.31. The molecular weight excluding hydrogens is 341 g/mol. The van der Waals surface area contributed by atoms with Crippen LogP contribution in [0.2, 0.25) is 0 Å². The number of benzene rings is 2. The third kappa shape index (κ3) is 4.02. The average Bonchev–Trinajstić information content (AvgIpc) is 2.61. The molecule has 6 heteroatoms. The fraction of sp³-hybridized carbons (Fsp3) is 0.368. The minimum atomic E-state index is -3.46. The van der Waals surface area contributed by atoms with Crippen molar-refractivity contribution in [2.45, 2.75) is 24.7 Å². The molecule has 0 saturated carbocycles. The maximum atomic E-state index is 13.6. The van der Waals surface area contributed by atoms with Crippen molar-refractivity contribution in [3.63, 3.8) is 0 Å². The number of nitrogens with zero attached hydrogens (tertiary/aromatic N) is 1. The van der Waals surface area contributed by atoms with Gasteiger partial charge in [-0.2, -0.15) is 4.31 Å². The Morgan fingerprint density at radius 3 is 2.40 bits per heavy atom. The van der Waals surface area contributed by atoms with Crippen molar-refractivity contribution in [2.75, 3.05) is 19.7 Å². The smallest absolute Gasteiger partial charge is 0.243 e. The topological polar surface area (TPSA) is 46.6 Å². The summed E-state index contributed by atoms with van der Waals surface area (Å²) in [6, 6.07) is 13.4. The highest BCUT2D eigenvalue weighted by Crippen LogP contribution is 2.26. The molecule has 0 aromatic heterocycles. The van der Waals surface area contributed by atoms with E-state index in [0.717, 1.165) is 5.56 Å². The molecule has 1 fully saturated rings. The van der Waals surface area contributed by atoms with Crippen LogP contribution in [0.25, 0.3) is 0 Å². The number of hydrogen-bond acceptors (Lipinski definition) is 3. The maximum absolute atomic E-state index is 13.6. The van der Waals surface area contributed by atoms with Gasteiger partial charge in [0, 0.05) is 13.1 Å². The van der Waals surface area contributed by atoms with Gasteiger partial charge in [-0.25, -0.2) is 12.8 Å². The lowest BCUT2D eigenvalue weighted by Crippen LogP contribution is -2.39. The largest absolute Gasteiger partial charge is 0.490 e. The molecule has 25 heavy (non-hydrogen) atoms. The first kappa shape index (κ1) is 17.9. The maximum Gasteiger partial charge on any atom is 0.243 e. The molecular formula is C19H22FNO3S. The molecule has 0 amide bonds. The molecule has 1 aliphatic heterocycles. The Morgan fingerprint density at radius 2 is 1.72 bits per heavy atom. The summed E-state index contributed by atoms with van der Waals surface area (Å²) in [6.45, 7) is 3.13. The Morgan fingerprint density at radius 1 is 1.08 bits per heavy atom. The normalized spacial score (nSPS) is 16.7. The predicted octanol–water partition coefficient (Wildman–Crippen LogP) is 3.61. The van der Waals surface area contributed by atoms with E-state index < -0.39 is 10.0 Å². The summed E-state index contributed by atoms with van der Waals surface area (Å²) in [5.74, 6) is 0.0995. The second kappa shape index (κ2) is 7.54. The fourth-order valence-electron chi connectivity index (χ4n) is 3.07. The first-order valence-corrected chi connectivity index (χ1v) is 9.85. The van der Waals surface area contributed by atoms with E-state index in [-0.39, 0.29) is 17.5 Å². The minimum absolute atomic E-state index is 0.225. The van der Waals surface area contributed by atoms with Gasteiger partial charge in [-0.05, 0) is 49.4 Å². The summed E-state index contributed by atoms with van der Waals surface area (Å²) in [6.07, 6.45) is 1.42. The molecule has 0 atom stereocenters. The van der Waals surface area contributed by atoms with Crippen LogP contribution in [0.1, 0.15) is 18.4 Å². The zero-order valence-corrected chi connectivity index (χ0v) is 15.0. The summed E-state index contributed by atoms with van der Waals surface area (Å²) < 4.78 is 46.2. The molecule has 1 heterocycles.